The number of hydrogen-bond acceptors (Lipinski definition) is 2. The van der Waals surface area contributed by atoms with Gasteiger partial charge in [-0.25, -0.2) is 4.85 Å². The molecule has 0 unspecified atom stereocenters. The largest absolute Gasteiger partial charge is 0.456 e. The molecular formula is C45H29N3O. The Bertz CT molecular complexity index is 2800. The van der Waals surface area contributed by atoms with Crippen molar-refractivity contribution in [1.82, 2.24) is 4.57 Å². The molecule has 49 heavy (non-hydrogen) atoms. The van der Waals surface area contributed by atoms with Gasteiger partial charge in [0.1, 0.15) is 11.2 Å². The monoisotopic (exact) mass is 627 g/mol. The lowest BCUT2D eigenvalue weighted by Gasteiger charge is -2.24. The Morgan fingerprint density at radius 1 is 0.490 bits per heavy atom. The van der Waals surface area contributed by atoms with Gasteiger partial charge in [-0.05, 0) is 105 Å². The maximum absolute atomic E-state index is 7.61. The molecule has 7 aromatic carbocycles. The van der Waals surface area contributed by atoms with Crippen molar-refractivity contribution in [1.29, 1.82) is 0 Å². The zero-order valence-corrected chi connectivity index (χ0v) is 26.6. The standard InChI is InChI=1S/C45H29N3O/c1-46-33-18-22-43-41(26-33)37-11-5-7-13-42(37)48(43)35-19-21-36-32(23-35)28-47(34-9-3-2-4-10-34)27-31-16-15-29(24-40(31)36)30-17-20-39-38-12-6-8-14-44(38)49-45(39)25-30/h2-26H,27-28H2. The smallest absolute Gasteiger partial charge is 0.188 e. The van der Waals surface area contributed by atoms with Crippen molar-refractivity contribution in [2.45, 2.75) is 13.1 Å². The molecule has 0 saturated carbocycles. The number of rotatable bonds is 3. The van der Waals surface area contributed by atoms with E-state index >= 15 is 0 Å². The van der Waals surface area contributed by atoms with Gasteiger partial charge in [-0.3, -0.25) is 0 Å². The summed E-state index contributed by atoms with van der Waals surface area (Å²) in [6.45, 7) is 9.20. The van der Waals surface area contributed by atoms with E-state index in [0.29, 0.717) is 5.69 Å². The number of hydrogen-bond donors (Lipinski definition) is 0. The summed E-state index contributed by atoms with van der Waals surface area (Å²) in [5.41, 5.74) is 14.4. The fourth-order valence-electron chi connectivity index (χ4n) is 7.76. The number of nitrogens with zero attached hydrogens (tertiary/aromatic N) is 3. The van der Waals surface area contributed by atoms with Crippen LogP contribution in [0.25, 0.3) is 76.5 Å². The van der Waals surface area contributed by atoms with Crippen LogP contribution in [-0.4, -0.2) is 4.57 Å². The van der Waals surface area contributed by atoms with Gasteiger partial charge >= 0.3 is 0 Å². The van der Waals surface area contributed by atoms with Crippen LogP contribution >= 0.6 is 0 Å². The topological polar surface area (TPSA) is 25.7 Å². The minimum absolute atomic E-state index is 0.655. The van der Waals surface area contributed by atoms with Crippen LogP contribution in [0.2, 0.25) is 0 Å². The molecule has 1 aliphatic heterocycles. The predicted molar refractivity (Wildman–Crippen MR) is 202 cm³/mol. The molecule has 1 aliphatic rings. The van der Waals surface area contributed by atoms with Crippen LogP contribution in [-0.2, 0) is 13.1 Å². The number of para-hydroxylation sites is 3. The average molecular weight is 628 g/mol. The van der Waals surface area contributed by atoms with E-state index in [0.717, 1.165) is 68.1 Å². The SMILES string of the molecule is [C-]#[N+]c1ccc2c(c1)c1ccccc1n2-c1ccc2c(c1)CN(c1ccccc1)Cc1ccc(-c3ccc4c(c3)oc3ccccc34)cc1-2. The molecule has 0 saturated heterocycles. The van der Waals surface area contributed by atoms with Crippen LogP contribution in [0.3, 0.4) is 0 Å². The van der Waals surface area contributed by atoms with Crippen LogP contribution < -0.4 is 4.90 Å². The Balaban J connectivity index is 1.16. The first-order chi connectivity index (χ1) is 24.2. The lowest BCUT2D eigenvalue weighted by Crippen LogP contribution is -2.20. The van der Waals surface area contributed by atoms with Gasteiger partial charge in [-0.15, -0.1) is 0 Å². The number of aromatic nitrogens is 1. The van der Waals surface area contributed by atoms with Crippen LogP contribution in [0.15, 0.2) is 156 Å². The molecule has 3 heterocycles. The summed E-state index contributed by atoms with van der Waals surface area (Å²) in [6.07, 6.45) is 0. The van der Waals surface area contributed by atoms with Gasteiger partial charge in [0.15, 0.2) is 5.69 Å². The molecule has 10 rings (SSSR count). The van der Waals surface area contributed by atoms with Crippen LogP contribution in [0.4, 0.5) is 11.4 Å². The van der Waals surface area contributed by atoms with Gasteiger partial charge in [-0.2, -0.15) is 0 Å². The first kappa shape index (κ1) is 27.5. The van der Waals surface area contributed by atoms with Crippen LogP contribution in [0, 0.1) is 6.57 Å². The molecule has 0 atom stereocenters. The van der Waals surface area contributed by atoms with Crippen molar-refractivity contribution in [2.75, 3.05) is 4.90 Å². The Hall–Kier alpha value is -6.57. The lowest BCUT2D eigenvalue weighted by atomic mass is 9.92. The molecule has 2 aromatic heterocycles. The predicted octanol–water partition coefficient (Wildman–Crippen LogP) is 12.1. The highest BCUT2D eigenvalue weighted by Crippen LogP contribution is 2.41. The Morgan fingerprint density at radius 3 is 2.12 bits per heavy atom. The first-order valence-corrected chi connectivity index (χ1v) is 16.6. The summed E-state index contributed by atoms with van der Waals surface area (Å²) >= 11 is 0. The molecule has 0 spiro atoms. The molecule has 0 fully saturated rings. The minimum atomic E-state index is 0.655. The molecule has 9 aromatic rings. The number of anilines is 1. The quantitative estimate of drug-likeness (QED) is 0.182. The van der Waals surface area contributed by atoms with E-state index in [9.17, 15) is 0 Å². The molecule has 0 aliphatic carbocycles. The van der Waals surface area contributed by atoms with Gasteiger partial charge in [-0.1, -0.05) is 84.9 Å². The zero-order chi connectivity index (χ0) is 32.5. The molecule has 0 amide bonds. The first-order valence-electron chi connectivity index (χ1n) is 16.6. The third-order valence-electron chi connectivity index (χ3n) is 10.1. The van der Waals surface area contributed by atoms with Crippen molar-refractivity contribution in [3.8, 4) is 27.9 Å². The van der Waals surface area contributed by atoms with E-state index in [4.69, 9.17) is 11.0 Å². The molecule has 0 radical (unpaired) electrons. The third kappa shape index (κ3) is 4.37. The van der Waals surface area contributed by atoms with E-state index in [1.807, 2.05) is 24.3 Å². The van der Waals surface area contributed by atoms with Gasteiger partial charge in [0.2, 0.25) is 0 Å². The summed E-state index contributed by atoms with van der Waals surface area (Å²) in [7, 11) is 0. The summed E-state index contributed by atoms with van der Waals surface area (Å²) in [4.78, 5) is 6.19. The van der Waals surface area contributed by atoms with E-state index < -0.39 is 0 Å². The summed E-state index contributed by atoms with van der Waals surface area (Å²) < 4.78 is 8.61. The third-order valence-corrected chi connectivity index (χ3v) is 10.1. The van der Waals surface area contributed by atoms with E-state index in [2.05, 4.69) is 142 Å². The van der Waals surface area contributed by atoms with Gasteiger partial charge in [0, 0.05) is 40.6 Å². The second-order valence-corrected chi connectivity index (χ2v) is 12.9. The number of benzene rings is 7. The highest BCUT2D eigenvalue weighted by Gasteiger charge is 2.22. The number of furan rings is 1. The molecule has 0 bridgehead atoms. The van der Waals surface area contributed by atoms with Gasteiger partial charge in [0.25, 0.3) is 0 Å². The van der Waals surface area contributed by atoms with Crippen molar-refractivity contribution in [2.24, 2.45) is 0 Å². The Kier molecular flexibility index (Phi) is 6.03. The van der Waals surface area contributed by atoms with E-state index in [1.165, 1.54) is 33.5 Å². The maximum Gasteiger partial charge on any atom is 0.188 e. The second-order valence-electron chi connectivity index (χ2n) is 12.9. The highest BCUT2D eigenvalue weighted by molar-refractivity contribution is 6.10. The van der Waals surface area contributed by atoms with Gasteiger partial charge < -0.3 is 13.9 Å². The molecule has 4 nitrogen and oxygen atoms in total. The van der Waals surface area contributed by atoms with E-state index in [-0.39, 0.29) is 0 Å². The minimum Gasteiger partial charge on any atom is -0.456 e. The number of fused-ring (bicyclic) bond motifs is 9. The maximum atomic E-state index is 7.61. The highest BCUT2D eigenvalue weighted by atomic mass is 16.3. The molecule has 230 valence electrons. The van der Waals surface area contributed by atoms with Crippen molar-refractivity contribution in [3.63, 3.8) is 0 Å². The summed E-state index contributed by atoms with van der Waals surface area (Å²) in [6, 6.07) is 53.9. The lowest BCUT2D eigenvalue weighted by molar-refractivity contribution is 0.669. The normalized spacial score (nSPS) is 12.7. The van der Waals surface area contributed by atoms with Crippen LogP contribution in [0.5, 0.6) is 0 Å². The second kappa shape index (κ2) is 10.7. The molecular weight excluding hydrogens is 599 g/mol. The fourth-order valence-corrected chi connectivity index (χ4v) is 7.76. The summed E-state index contributed by atoms with van der Waals surface area (Å²) in [5, 5.41) is 4.54. The fraction of sp³-hybridized carbons (Fsp3) is 0.0444. The van der Waals surface area contributed by atoms with Gasteiger partial charge in [0.05, 0.1) is 17.6 Å². The summed E-state index contributed by atoms with van der Waals surface area (Å²) in [5.74, 6) is 0. The van der Waals surface area contributed by atoms with E-state index in [1.54, 1.807) is 0 Å². The Morgan fingerprint density at radius 2 is 1.22 bits per heavy atom. The Labute approximate surface area is 283 Å². The zero-order valence-electron chi connectivity index (χ0n) is 26.6. The average Bonchev–Trinajstić information content (AvgIpc) is 3.64. The molecule has 4 heteroatoms. The van der Waals surface area contributed by atoms with Crippen molar-refractivity contribution < 1.29 is 4.42 Å². The molecule has 0 N–H and O–H groups in total. The van der Waals surface area contributed by atoms with Crippen molar-refractivity contribution >= 4 is 55.1 Å². The van der Waals surface area contributed by atoms with Crippen molar-refractivity contribution in [3.05, 3.63) is 174 Å². The van der Waals surface area contributed by atoms with Crippen LogP contribution in [0.1, 0.15) is 11.1 Å².